The highest BCUT2D eigenvalue weighted by molar-refractivity contribution is 5.85. The average Bonchev–Trinajstić information content (AvgIpc) is 2.99. The predicted octanol–water partition coefficient (Wildman–Crippen LogP) is 2.45. The maximum absolute atomic E-state index is 5.45. The number of rotatable bonds is 7. The summed E-state index contributed by atoms with van der Waals surface area (Å²) in [4.78, 5) is 7.79. The number of likely N-dealkylation sites (N-methyl/N-ethyl adjacent to an activating group) is 1. The van der Waals surface area contributed by atoms with Gasteiger partial charge in [-0.05, 0) is 52.3 Å². The van der Waals surface area contributed by atoms with Crippen molar-refractivity contribution >= 4 is 5.71 Å². The van der Waals surface area contributed by atoms with Crippen LogP contribution in [0.15, 0.2) is 5.16 Å². The molecule has 1 aromatic rings. The summed E-state index contributed by atoms with van der Waals surface area (Å²) in [6.45, 7) is 8.32. The fourth-order valence-electron chi connectivity index (χ4n) is 2.70. The van der Waals surface area contributed by atoms with Crippen molar-refractivity contribution in [1.82, 2.24) is 15.1 Å². The van der Waals surface area contributed by atoms with Crippen molar-refractivity contribution in [2.75, 3.05) is 20.1 Å². The Balaban J connectivity index is 1.67. The van der Waals surface area contributed by atoms with Crippen LogP contribution >= 0.6 is 0 Å². The first-order chi connectivity index (χ1) is 9.60. The van der Waals surface area contributed by atoms with Gasteiger partial charge in [-0.2, -0.15) is 5.10 Å². The van der Waals surface area contributed by atoms with Gasteiger partial charge in [-0.3, -0.25) is 5.10 Å². The van der Waals surface area contributed by atoms with E-state index >= 15 is 0 Å². The maximum Gasteiger partial charge on any atom is 0.145 e. The van der Waals surface area contributed by atoms with E-state index in [9.17, 15) is 0 Å². The van der Waals surface area contributed by atoms with E-state index in [0.717, 1.165) is 44.5 Å². The number of hydrogen-bond donors (Lipinski definition) is 1. The molecule has 2 heterocycles. The summed E-state index contributed by atoms with van der Waals surface area (Å²) in [5.41, 5.74) is 4.88. The first kappa shape index (κ1) is 15.0. The molecule has 112 valence electrons. The lowest BCUT2D eigenvalue weighted by Gasteiger charge is -2.19. The molecule has 5 nitrogen and oxygen atoms in total. The summed E-state index contributed by atoms with van der Waals surface area (Å²) < 4.78 is 0. The molecule has 5 heteroatoms. The van der Waals surface area contributed by atoms with Gasteiger partial charge in [0.2, 0.25) is 0 Å². The quantitative estimate of drug-likeness (QED) is 0.833. The zero-order valence-corrected chi connectivity index (χ0v) is 13.1. The second-order valence-electron chi connectivity index (χ2n) is 5.72. The van der Waals surface area contributed by atoms with E-state index in [1.807, 2.05) is 0 Å². The number of aromatic nitrogens is 2. The van der Waals surface area contributed by atoms with Crippen LogP contribution in [-0.2, 0) is 11.3 Å². The van der Waals surface area contributed by atoms with Crippen molar-refractivity contribution < 1.29 is 4.84 Å². The van der Waals surface area contributed by atoms with Gasteiger partial charge in [-0.1, -0.05) is 12.1 Å². The molecule has 0 aliphatic carbocycles. The minimum atomic E-state index is 0.243. The van der Waals surface area contributed by atoms with E-state index in [1.165, 1.54) is 17.0 Å². The third kappa shape index (κ3) is 3.82. The second kappa shape index (κ2) is 6.88. The van der Waals surface area contributed by atoms with Gasteiger partial charge in [-0.15, -0.1) is 0 Å². The predicted molar refractivity (Wildman–Crippen MR) is 81.1 cm³/mol. The molecule has 0 aromatic carbocycles. The van der Waals surface area contributed by atoms with Crippen molar-refractivity contribution in [2.45, 2.75) is 52.6 Å². The molecule has 1 N–H and O–H groups in total. The minimum absolute atomic E-state index is 0.243. The highest BCUT2D eigenvalue weighted by atomic mass is 16.6. The summed E-state index contributed by atoms with van der Waals surface area (Å²) in [7, 11) is 2.16. The van der Waals surface area contributed by atoms with Gasteiger partial charge in [0.15, 0.2) is 0 Å². The lowest BCUT2D eigenvalue weighted by atomic mass is 10.1. The van der Waals surface area contributed by atoms with Gasteiger partial charge in [0, 0.05) is 18.7 Å². The molecule has 1 aliphatic rings. The van der Waals surface area contributed by atoms with Crippen LogP contribution in [0.4, 0.5) is 0 Å². The van der Waals surface area contributed by atoms with Gasteiger partial charge in [0.05, 0.1) is 11.4 Å². The van der Waals surface area contributed by atoms with Crippen molar-refractivity contribution in [3.8, 4) is 0 Å². The maximum atomic E-state index is 5.45. The van der Waals surface area contributed by atoms with Gasteiger partial charge in [0.25, 0.3) is 0 Å². The van der Waals surface area contributed by atoms with Crippen LogP contribution in [0.1, 0.15) is 43.1 Å². The molecule has 0 spiro atoms. The fraction of sp³-hybridized carbons (Fsp3) is 0.733. The third-order valence-corrected chi connectivity index (χ3v) is 3.96. The molecule has 0 saturated carbocycles. The Labute approximate surface area is 121 Å². The number of H-pyrrole nitrogens is 1. The molecule has 0 radical (unpaired) electrons. The van der Waals surface area contributed by atoms with E-state index < -0.39 is 0 Å². The molecule has 1 aromatic heterocycles. The molecule has 1 atom stereocenters. The second-order valence-corrected chi connectivity index (χ2v) is 5.72. The summed E-state index contributed by atoms with van der Waals surface area (Å²) in [5, 5.41) is 11.4. The van der Waals surface area contributed by atoms with Crippen LogP contribution < -0.4 is 0 Å². The van der Waals surface area contributed by atoms with E-state index in [-0.39, 0.29) is 6.10 Å². The van der Waals surface area contributed by atoms with E-state index in [4.69, 9.17) is 4.84 Å². The van der Waals surface area contributed by atoms with Gasteiger partial charge in [-0.25, -0.2) is 0 Å². The zero-order chi connectivity index (χ0) is 14.5. The molecule has 0 fully saturated rings. The topological polar surface area (TPSA) is 53.5 Å². The summed E-state index contributed by atoms with van der Waals surface area (Å²) in [6, 6.07) is 0. The molecule has 20 heavy (non-hydrogen) atoms. The standard InChI is InChI=1S/C15H26N4O/c1-5-13-9-14(20-18-13)10-19(4)8-6-7-15-11(2)16-17-12(15)3/h14H,5-10H2,1-4H3,(H,16,17). The first-order valence-corrected chi connectivity index (χ1v) is 7.50. The number of oxime groups is 1. The van der Waals surface area contributed by atoms with Crippen molar-refractivity contribution in [3.05, 3.63) is 17.0 Å². The largest absolute Gasteiger partial charge is 0.391 e. The van der Waals surface area contributed by atoms with E-state index in [2.05, 4.69) is 48.1 Å². The molecule has 0 bridgehead atoms. The Bertz CT molecular complexity index is 447. The average molecular weight is 278 g/mol. The Morgan fingerprint density at radius 3 is 2.80 bits per heavy atom. The molecular formula is C15H26N4O. The van der Waals surface area contributed by atoms with Crippen LogP contribution in [0, 0.1) is 13.8 Å². The summed E-state index contributed by atoms with van der Waals surface area (Å²) in [5.74, 6) is 0. The van der Waals surface area contributed by atoms with Crippen LogP contribution in [0.2, 0.25) is 0 Å². The van der Waals surface area contributed by atoms with E-state index in [1.54, 1.807) is 0 Å². The molecule has 1 unspecified atom stereocenters. The Morgan fingerprint density at radius 2 is 2.20 bits per heavy atom. The molecule has 0 saturated heterocycles. The first-order valence-electron chi connectivity index (χ1n) is 7.50. The van der Waals surface area contributed by atoms with Crippen molar-refractivity contribution in [1.29, 1.82) is 0 Å². The van der Waals surface area contributed by atoms with Gasteiger partial charge in [0.1, 0.15) is 6.10 Å². The monoisotopic (exact) mass is 278 g/mol. The molecular weight excluding hydrogens is 252 g/mol. The molecule has 1 aliphatic heterocycles. The highest BCUT2D eigenvalue weighted by Crippen LogP contribution is 2.15. The van der Waals surface area contributed by atoms with Crippen LogP contribution in [0.25, 0.3) is 0 Å². The van der Waals surface area contributed by atoms with Crippen LogP contribution in [-0.4, -0.2) is 47.1 Å². The minimum Gasteiger partial charge on any atom is -0.391 e. The fourth-order valence-corrected chi connectivity index (χ4v) is 2.70. The normalized spacial score (nSPS) is 18.4. The number of aromatic amines is 1. The zero-order valence-electron chi connectivity index (χ0n) is 13.1. The van der Waals surface area contributed by atoms with Crippen LogP contribution in [0.3, 0.4) is 0 Å². The number of nitrogens with one attached hydrogen (secondary N) is 1. The summed E-state index contributed by atoms with van der Waals surface area (Å²) >= 11 is 0. The SMILES string of the molecule is CCC1=NOC(CN(C)CCCc2c(C)n[nH]c2C)C1. The third-order valence-electron chi connectivity index (χ3n) is 3.96. The Hall–Kier alpha value is -1.36. The van der Waals surface area contributed by atoms with Gasteiger partial charge >= 0.3 is 0 Å². The number of aryl methyl sites for hydroxylation is 2. The van der Waals surface area contributed by atoms with Gasteiger partial charge < -0.3 is 9.74 Å². The Kier molecular flexibility index (Phi) is 5.17. The van der Waals surface area contributed by atoms with Crippen molar-refractivity contribution in [2.24, 2.45) is 5.16 Å². The van der Waals surface area contributed by atoms with Crippen molar-refractivity contribution in [3.63, 3.8) is 0 Å². The molecule has 0 amide bonds. The lowest BCUT2D eigenvalue weighted by molar-refractivity contribution is 0.0591. The number of hydrogen-bond acceptors (Lipinski definition) is 4. The lowest BCUT2D eigenvalue weighted by Crippen LogP contribution is -2.30. The molecule has 2 rings (SSSR count). The number of nitrogens with zero attached hydrogens (tertiary/aromatic N) is 3. The summed E-state index contributed by atoms with van der Waals surface area (Å²) in [6.07, 6.45) is 4.46. The Morgan fingerprint density at radius 1 is 1.40 bits per heavy atom. The highest BCUT2D eigenvalue weighted by Gasteiger charge is 2.21. The van der Waals surface area contributed by atoms with Crippen LogP contribution in [0.5, 0.6) is 0 Å². The van der Waals surface area contributed by atoms with E-state index in [0.29, 0.717) is 0 Å². The smallest absolute Gasteiger partial charge is 0.145 e.